The highest BCUT2D eigenvalue weighted by atomic mass is 31.2. The predicted molar refractivity (Wildman–Crippen MR) is 498 cm³/mol. The Labute approximate surface area is 705 Å². The Balaban J connectivity index is 0.000000138. The van der Waals surface area contributed by atoms with E-state index in [1.165, 1.54) is 44.5 Å². The normalized spacial score (nSPS) is 13.2. The Morgan fingerprint density at radius 3 is 0.975 bits per heavy atom. The summed E-state index contributed by atoms with van der Waals surface area (Å²) in [5, 5.41) is 10.0. The lowest BCUT2D eigenvalue weighted by molar-refractivity contribution is 0.437. The number of nitrogens with zero attached hydrogens (tertiary/aromatic N) is 4. The molecule has 570 valence electrons. The number of hydrogen-bond acceptors (Lipinski definition) is 7. The molecule has 0 radical (unpaired) electrons. The lowest BCUT2D eigenvalue weighted by atomic mass is 9.65. The minimum absolute atomic E-state index is 0.552. The van der Waals surface area contributed by atoms with Crippen LogP contribution in [0, 0.1) is 0 Å². The van der Waals surface area contributed by atoms with Gasteiger partial charge < -0.3 is 14.0 Å². The third-order valence-electron chi connectivity index (χ3n) is 25.5. The summed E-state index contributed by atoms with van der Waals surface area (Å²) in [7, 11) is -3.09. The van der Waals surface area contributed by atoms with Gasteiger partial charge in [0.15, 0.2) is 13.0 Å². The second-order valence-corrected chi connectivity index (χ2v) is 34.7. The molecule has 21 aromatic rings. The highest BCUT2D eigenvalue weighted by Gasteiger charge is 2.53. The number of ether oxygens (including phenoxy) is 2. The average Bonchev–Trinajstić information content (AvgIpc) is 1.49. The predicted octanol–water partition coefficient (Wildman–Crippen LogP) is 27.3. The Morgan fingerprint density at radius 2 is 0.525 bits per heavy atom. The van der Waals surface area contributed by atoms with E-state index in [9.17, 15) is 0 Å². The summed E-state index contributed by atoms with van der Waals surface area (Å²) >= 11 is 0. The van der Waals surface area contributed by atoms with Gasteiger partial charge in [-0.05, 0) is 144 Å². The van der Waals surface area contributed by atoms with Crippen molar-refractivity contribution < 1.29 is 14.0 Å². The Kier molecular flexibility index (Phi) is 16.3. The van der Waals surface area contributed by atoms with Crippen molar-refractivity contribution in [2.24, 2.45) is 0 Å². The monoisotopic (exact) mass is 1570 g/mol. The van der Waals surface area contributed by atoms with Gasteiger partial charge in [0.2, 0.25) is 0 Å². The third-order valence-corrected chi connectivity index (χ3v) is 28.6. The molecule has 2 aliphatic heterocycles. The lowest BCUT2D eigenvalue weighted by Crippen LogP contribution is -2.32. The number of rotatable bonds is 9. The zero-order chi connectivity index (χ0) is 80.6. The van der Waals surface area contributed by atoms with Crippen molar-refractivity contribution >= 4 is 77.3 Å². The molecule has 0 unspecified atom stereocenters. The van der Waals surface area contributed by atoms with E-state index >= 15 is 4.57 Å². The fourth-order valence-corrected chi connectivity index (χ4v) is 22.8. The van der Waals surface area contributed by atoms with Crippen molar-refractivity contribution in [3.8, 4) is 113 Å². The summed E-state index contributed by atoms with van der Waals surface area (Å²) in [5.74, 6) is 4.13. The molecule has 8 heteroatoms. The first-order valence-electron chi connectivity index (χ1n) is 41.5. The first-order valence-corrected chi connectivity index (χ1v) is 43.2. The zero-order valence-electron chi connectivity index (χ0n) is 66.0. The quantitative estimate of drug-likeness (QED) is 0.105. The van der Waals surface area contributed by atoms with Crippen LogP contribution in [-0.2, 0) is 15.4 Å². The van der Waals surface area contributed by atoms with Crippen LogP contribution in [0.4, 0.5) is 0 Å². The fraction of sp³-hybridized carbons (Fsp3) is 0.0175. The fourth-order valence-electron chi connectivity index (χ4n) is 20.2. The summed E-state index contributed by atoms with van der Waals surface area (Å²) in [6.45, 7) is 0. The summed E-state index contributed by atoms with van der Waals surface area (Å²) in [6.07, 6.45) is 0. The number of para-hydroxylation sites is 5. The van der Waals surface area contributed by atoms with Gasteiger partial charge >= 0.3 is 0 Å². The summed E-state index contributed by atoms with van der Waals surface area (Å²) in [4.78, 5) is 20.8. The van der Waals surface area contributed by atoms with Crippen molar-refractivity contribution in [2.45, 2.75) is 10.8 Å². The maximum absolute atomic E-state index is 15.1. The highest BCUT2D eigenvalue weighted by molar-refractivity contribution is 7.85. The average molecular weight is 1580 g/mol. The maximum atomic E-state index is 15.1. The van der Waals surface area contributed by atoms with Crippen molar-refractivity contribution in [3.63, 3.8) is 0 Å². The van der Waals surface area contributed by atoms with Crippen LogP contribution < -0.4 is 25.4 Å². The summed E-state index contributed by atoms with van der Waals surface area (Å²) in [6, 6.07) is 151. The zero-order valence-corrected chi connectivity index (χ0v) is 66.8. The minimum atomic E-state index is -3.09. The summed E-state index contributed by atoms with van der Waals surface area (Å²) < 4.78 is 29.0. The number of fused-ring (bicyclic) bond motifs is 25. The molecule has 0 saturated heterocycles. The second kappa shape index (κ2) is 28.1. The van der Waals surface area contributed by atoms with Gasteiger partial charge in [0.1, 0.15) is 23.0 Å². The number of pyridine rings is 2. The first-order chi connectivity index (χ1) is 60.3. The number of aromatic nitrogens is 4. The maximum Gasteiger partial charge on any atom is 0.171 e. The van der Waals surface area contributed by atoms with Gasteiger partial charge in [-0.2, -0.15) is 0 Å². The first kappa shape index (κ1) is 70.7. The van der Waals surface area contributed by atoms with Gasteiger partial charge in [-0.15, -0.1) is 0 Å². The molecule has 0 N–H and O–H groups in total. The molecule has 18 aromatic carbocycles. The molecule has 0 bridgehead atoms. The molecule has 4 aliphatic rings. The molecule has 2 aliphatic carbocycles. The van der Waals surface area contributed by atoms with E-state index in [4.69, 9.17) is 29.4 Å². The van der Waals surface area contributed by atoms with Crippen molar-refractivity contribution in [3.05, 3.63) is 475 Å². The molecule has 0 fully saturated rings. The van der Waals surface area contributed by atoms with Crippen molar-refractivity contribution in [1.29, 1.82) is 0 Å². The van der Waals surface area contributed by atoms with E-state index in [1.807, 2.05) is 103 Å². The van der Waals surface area contributed by atoms with Gasteiger partial charge in [-0.1, -0.05) is 364 Å². The Bertz CT molecular complexity index is 7790. The molecule has 0 atom stereocenters. The van der Waals surface area contributed by atoms with Crippen LogP contribution in [0.1, 0.15) is 44.5 Å². The van der Waals surface area contributed by atoms with E-state index in [0.29, 0.717) is 0 Å². The van der Waals surface area contributed by atoms with Crippen LogP contribution in [0.5, 0.6) is 23.0 Å². The van der Waals surface area contributed by atoms with Crippen molar-refractivity contribution in [1.82, 2.24) is 19.9 Å². The summed E-state index contributed by atoms with van der Waals surface area (Å²) in [5.41, 5.74) is 27.5. The van der Waals surface area contributed by atoms with Crippen LogP contribution in [0.25, 0.3) is 144 Å². The van der Waals surface area contributed by atoms with E-state index in [0.717, 1.165) is 183 Å². The molecule has 3 aromatic heterocycles. The van der Waals surface area contributed by atoms with Crippen molar-refractivity contribution in [2.75, 3.05) is 0 Å². The molecule has 2 spiro atoms. The SMILES string of the molecule is O=P(c1ccccc1)(c1ccccc1)c1ccc(-c2cccc(-c3nc4ccccc4c4cc5c(cc34)Oc3ccccc3C53c4ccccc4-c4ccccc43)c2)cc1.c1ccc(-c2nc(-c3ccc(-c4cccc(-c5nc6ccccc6c6cc7c(cc56)Oc5ccccc5C75c6ccccc6-c6ccccc65)c4)cc3)c3ccccc3n2)cc1. The van der Waals surface area contributed by atoms with Crippen LogP contribution in [0.3, 0.4) is 0 Å². The van der Waals surface area contributed by atoms with Crippen LogP contribution in [0.2, 0.25) is 0 Å². The Hall–Kier alpha value is -15.5. The largest absolute Gasteiger partial charge is 0.457 e. The molecule has 7 nitrogen and oxygen atoms in total. The molecule has 0 saturated carbocycles. The number of hydrogen-bond donors (Lipinski definition) is 0. The standard InChI is InChI=1S/C58H35N3O.C56H36NO2P/c1-2-15-38(16-3-1)57-60-52-27-12-7-22-44(52)55(61-57)37-31-29-36(30-32-37)39-17-14-18-40(33-39)56-46-35-54-50(34-45(46)43-21-6-11-26-51(43)59-56)58(49-25-10-13-28-53(49)62-54)47-23-8-4-19-41(47)42-20-5-9-24-48(42)58;58-60(40-18-3-1-4-19-40,41-20-5-2-6-21-41)42-32-30-37(31-33-42)38-16-15-17-39(34-38)55-47-36-54-51(35-46(47)45-24-9-13-28-52(45)57-55)56(50-27-12-14-29-53(50)59-54)48-25-10-7-22-43(48)44-23-8-11-26-49(44)56/h1-35H;1-36H. The molecule has 0 amide bonds. The van der Waals surface area contributed by atoms with Crippen LogP contribution in [-0.4, -0.2) is 19.9 Å². The third kappa shape index (κ3) is 10.8. The second-order valence-electron chi connectivity index (χ2n) is 32.0. The number of benzene rings is 18. The van der Waals surface area contributed by atoms with E-state index in [2.05, 4.69) is 328 Å². The smallest absolute Gasteiger partial charge is 0.171 e. The molecule has 122 heavy (non-hydrogen) atoms. The molecular formula is C114H71N4O3P. The molecular weight excluding hydrogens is 1500 g/mol. The van der Waals surface area contributed by atoms with Gasteiger partial charge in [-0.25, -0.2) is 19.9 Å². The van der Waals surface area contributed by atoms with Gasteiger partial charge in [-0.3, -0.25) is 0 Å². The van der Waals surface area contributed by atoms with Gasteiger partial charge in [0.25, 0.3) is 0 Å². The van der Waals surface area contributed by atoms with E-state index < -0.39 is 18.0 Å². The van der Waals surface area contributed by atoms with Crippen LogP contribution >= 0.6 is 7.14 Å². The van der Waals surface area contributed by atoms with E-state index in [1.54, 1.807) is 0 Å². The molecule has 5 heterocycles. The Morgan fingerprint density at radius 1 is 0.197 bits per heavy atom. The van der Waals surface area contributed by atoms with Gasteiger partial charge in [0.05, 0.1) is 44.5 Å². The molecule has 25 rings (SSSR count). The van der Waals surface area contributed by atoms with Gasteiger partial charge in [0, 0.05) is 87.4 Å². The topological polar surface area (TPSA) is 87.1 Å². The minimum Gasteiger partial charge on any atom is -0.457 e. The van der Waals surface area contributed by atoms with E-state index in [-0.39, 0.29) is 0 Å². The lowest BCUT2D eigenvalue weighted by Gasteiger charge is -2.39. The van der Waals surface area contributed by atoms with Crippen LogP contribution in [0.15, 0.2) is 431 Å². The highest BCUT2D eigenvalue weighted by Crippen LogP contribution is 2.65.